The second kappa shape index (κ2) is 5.60. The number of hydrogen-bond acceptors (Lipinski definition) is 4. The summed E-state index contributed by atoms with van der Waals surface area (Å²) < 4.78 is 19.7. The molecule has 1 aromatic heterocycles. The Labute approximate surface area is 110 Å². The number of aryl methyl sites for hydroxylation is 1. The molecule has 1 heterocycles. The Morgan fingerprint density at radius 1 is 1.42 bits per heavy atom. The highest BCUT2D eigenvalue weighted by molar-refractivity contribution is 5.81. The molecular weight excluding hydrogens is 249 g/mol. The van der Waals surface area contributed by atoms with Gasteiger partial charge in [0.25, 0.3) is 0 Å². The first-order valence-corrected chi connectivity index (χ1v) is 5.89. The zero-order valence-electron chi connectivity index (χ0n) is 10.7. The van der Waals surface area contributed by atoms with Crippen LogP contribution < -0.4 is 0 Å². The average Bonchev–Trinajstić information content (AvgIpc) is 2.79. The van der Waals surface area contributed by atoms with E-state index in [1.807, 2.05) is 0 Å². The monoisotopic (exact) mass is 263 g/mol. The fourth-order valence-electron chi connectivity index (χ4n) is 1.82. The molecule has 1 aromatic carbocycles. The molecule has 0 amide bonds. The first kappa shape index (κ1) is 13.2. The van der Waals surface area contributed by atoms with Crippen LogP contribution in [0, 0.1) is 5.82 Å². The van der Waals surface area contributed by atoms with Crippen LogP contribution in [0.15, 0.2) is 30.6 Å². The number of nitrogens with zero attached hydrogens (tertiary/aromatic N) is 3. The Kier molecular flexibility index (Phi) is 3.89. The summed E-state index contributed by atoms with van der Waals surface area (Å²) in [5, 5.41) is 7.70. The summed E-state index contributed by atoms with van der Waals surface area (Å²) in [5.41, 5.74) is 0.621. The molecule has 100 valence electrons. The van der Waals surface area contributed by atoms with Gasteiger partial charge in [-0.25, -0.2) is 4.39 Å². The van der Waals surface area contributed by atoms with E-state index in [0.717, 1.165) is 0 Å². The highest BCUT2D eigenvalue weighted by Gasteiger charge is 2.28. The largest absolute Gasteiger partial charge is 0.465 e. The minimum absolute atomic E-state index is 0.272. The molecule has 2 rings (SSSR count). The normalized spacial score (nSPS) is 12.2. The zero-order valence-corrected chi connectivity index (χ0v) is 10.7. The minimum Gasteiger partial charge on any atom is -0.465 e. The van der Waals surface area contributed by atoms with Gasteiger partial charge in [0.2, 0.25) is 0 Å². The molecule has 1 atom stereocenters. The molecule has 0 aliphatic rings. The van der Waals surface area contributed by atoms with Gasteiger partial charge in [-0.1, -0.05) is 12.1 Å². The maximum Gasteiger partial charge on any atom is 0.321 e. The van der Waals surface area contributed by atoms with Gasteiger partial charge >= 0.3 is 5.97 Å². The number of rotatable bonds is 4. The van der Waals surface area contributed by atoms with Crippen LogP contribution in [0.25, 0.3) is 0 Å². The first-order chi connectivity index (χ1) is 9.13. The summed E-state index contributed by atoms with van der Waals surface area (Å²) >= 11 is 0. The van der Waals surface area contributed by atoms with Crippen molar-refractivity contribution >= 4 is 5.97 Å². The Bertz CT molecular complexity index is 566. The highest BCUT2D eigenvalue weighted by atomic mass is 19.1. The van der Waals surface area contributed by atoms with Crippen molar-refractivity contribution in [3.63, 3.8) is 0 Å². The van der Waals surface area contributed by atoms with Crippen LogP contribution in [0.4, 0.5) is 4.39 Å². The molecule has 5 nitrogen and oxygen atoms in total. The van der Waals surface area contributed by atoms with Gasteiger partial charge in [-0.15, -0.1) is 10.2 Å². The van der Waals surface area contributed by atoms with Crippen LogP contribution in [-0.2, 0) is 16.6 Å². The maximum absolute atomic E-state index is 13.0. The van der Waals surface area contributed by atoms with Crippen LogP contribution in [0.5, 0.6) is 0 Å². The van der Waals surface area contributed by atoms with E-state index in [4.69, 9.17) is 4.74 Å². The minimum atomic E-state index is -0.701. The second-order valence-corrected chi connectivity index (χ2v) is 4.04. The molecule has 0 fully saturated rings. The lowest BCUT2D eigenvalue weighted by Gasteiger charge is -2.15. The van der Waals surface area contributed by atoms with Crippen molar-refractivity contribution in [2.75, 3.05) is 6.61 Å². The SMILES string of the molecule is CCOC(=O)C(c1ccc(F)cc1)c1nncn1C. The van der Waals surface area contributed by atoms with E-state index in [2.05, 4.69) is 10.2 Å². The highest BCUT2D eigenvalue weighted by Crippen LogP contribution is 2.24. The quantitative estimate of drug-likeness (QED) is 0.787. The Morgan fingerprint density at radius 2 is 2.11 bits per heavy atom. The number of ether oxygens (including phenoxy) is 1. The van der Waals surface area contributed by atoms with Crippen molar-refractivity contribution in [3.05, 3.63) is 47.8 Å². The summed E-state index contributed by atoms with van der Waals surface area (Å²) in [4.78, 5) is 12.1. The first-order valence-electron chi connectivity index (χ1n) is 5.89. The molecule has 1 unspecified atom stereocenters. The fourth-order valence-corrected chi connectivity index (χ4v) is 1.82. The summed E-state index contributed by atoms with van der Waals surface area (Å²) in [6.45, 7) is 2.00. The number of esters is 1. The third-order valence-electron chi connectivity index (χ3n) is 2.73. The van der Waals surface area contributed by atoms with Gasteiger partial charge in [0.05, 0.1) is 6.61 Å². The number of halogens is 1. The zero-order chi connectivity index (χ0) is 13.8. The Balaban J connectivity index is 2.43. The van der Waals surface area contributed by atoms with Gasteiger partial charge in [0, 0.05) is 7.05 Å². The van der Waals surface area contributed by atoms with Gasteiger partial charge in [-0.3, -0.25) is 4.79 Å². The Morgan fingerprint density at radius 3 is 2.63 bits per heavy atom. The molecule has 0 N–H and O–H groups in total. The number of carbonyl (C=O) groups excluding carboxylic acids is 1. The van der Waals surface area contributed by atoms with E-state index in [9.17, 15) is 9.18 Å². The molecule has 0 saturated carbocycles. The van der Waals surface area contributed by atoms with Crippen LogP contribution in [0.3, 0.4) is 0 Å². The standard InChI is InChI=1S/C13H14FN3O2/c1-3-19-13(18)11(12-16-15-8-17(12)2)9-4-6-10(14)7-5-9/h4-8,11H,3H2,1-2H3. The molecule has 0 spiro atoms. The van der Waals surface area contributed by atoms with Crippen molar-refractivity contribution < 1.29 is 13.9 Å². The maximum atomic E-state index is 13.0. The van der Waals surface area contributed by atoms with Gasteiger partial charge in [-0.05, 0) is 24.6 Å². The van der Waals surface area contributed by atoms with Gasteiger partial charge in [0.15, 0.2) is 5.82 Å². The molecule has 19 heavy (non-hydrogen) atoms. The summed E-state index contributed by atoms with van der Waals surface area (Å²) in [7, 11) is 1.74. The second-order valence-electron chi connectivity index (χ2n) is 4.04. The molecule has 0 saturated heterocycles. The molecular formula is C13H14FN3O2. The predicted octanol–water partition coefficient (Wildman–Crippen LogP) is 1.65. The van der Waals surface area contributed by atoms with Gasteiger partial charge < -0.3 is 9.30 Å². The number of aromatic nitrogens is 3. The topological polar surface area (TPSA) is 57.0 Å². The summed E-state index contributed by atoms with van der Waals surface area (Å²) in [6, 6.07) is 5.70. The number of benzene rings is 1. The molecule has 2 aromatic rings. The summed E-state index contributed by atoms with van der Waals surface area (Å²) in [6.07, 6.45) is 1.51. The average molecular weight is 263 g/mol. The van der Waals surface area contributed by atoms with E-state index < -0.39 is 11.9 Å². The van der Waals surface area contributed by atoms with E-state index in [-0.39, 0.29) is 12.4 Å². The van der Waals surface area contributed by atoms with Crippen LogP contribution in [0.2, 0.25) is 0 Å². The van der Waals surface area contributed by atoms with Crippen LogP contribution in [0.1, 0.15) is 24.2 Å². The lowest BCUT2D eigenvalue weighted by molar-refractivity contribution is -0.144. The molecule has 0 radical (unpaired) electrons. The Hall–Kier alpha value is -2.24. The van der Waals surface area contributed by atoms with Crippen molar-refractivity contribution in [2.24, 2.45) is 7.05 Å². The number of carbonyl (C=O) groups is 1. The van der Waals surface area contributed by atoms with Crippen molar-refractivity contribution in [2.45, 2.75) is 12.8 Å². The number of hydrogen-bond donors (Lipinski definition) is 0. The van der Waals surface area contributed by atoms with E-state index >= 15 is 0 Å². The summed E-state index contributed by atoms with van der Waals surface area (Å²) in [5.74, 6) is -1.02. The molecule has 0 bridgehead atoms. The van der Waals surface area contributed by atoms with Crippen molar-refractivity contribution in [3.8, 4) is 0 Å². The molecule has 0 aliphatic carbocycles. The van der Waals surface area contributed by atoms with Gasteiger partial charge in [-0.2, -0.15) is 0 Å². The lowest BCUT2D eigenvalue weighted by Crippen LogP contribution is -2.20. The van der Waals surface area contributed by atoms with E-state index in [0.29, 0.717) is 11.4 Å². The van der Waals surface area contributed by atoms with Crippen molar-refractivity contribution in [1.29, 1.82) is 0 Å². The van der Waals surface area contributed by atoms with E-state index in [1.54, 1.807) is 30.7 Å². The third-order valence-corrected chi connectivity index (χ3v) is 2.73. The fraction of sp³-hybridized carbons (Fsp3) is 0.308. The van der Waals surface area contributed by atoms with Crippen LogP contribution in [-0.4, -0.2) is 27.3 Å². The van der Waals surface area contributed by atoms with Gasteiger partial charge in [0.1, 0.15) is 18.1 Å². The van der Waals surface area contributed by atoms with Crippen molar-refractivity contribution in [1.82, 2.24) is 14.8 Å². The predicted molar refractivity (Wildman–Crippen MR) is 65.9 cm³/mol. The molecule has 0 aliphatic heterocycles. The smallest absolute Gasteiger partial charge is 0.321 e. The van der Waals surface area contributed by atoms with Crippen LogP contribution >= 0.6 is 0 Å². The molecule has 6 heteroatoms. The van der Waals surface area contributed by atoms with E-state index in [1.165, 1.54) is 18.5 Å². The lowest BCUT2D eigenvalue weighted by atomic mass is 9.98. The third kappa shape index (κ3) is 2.78.